The number of benzene rings is 1. The van der Waals surface area contributed by atoms with Crippen LogP contribution in [0.5, 0.6) is 0 Å². The van der Waals surface area contributed by atoms with Crippen LogP contribution in [0.2, 0.25) is 0 Å². The number of amides is 1. The zero-order valence-electron chi connectivity index (χ0n) is 13.0. The van der Waals surface area contributed by atoms with E-state index in [2.05, 4.69) is 15.2 Å². The van der Waals surface area contributed by atoms with Gasteiger partial charge in [0, 0.05) is 23.6 Å². The van der Waals surface area contributed by atoms with Crippen LogP contribution in [0, 0.1) is 6.92 Å². The van der Waals surface area contributed by atoms with Crippen molar-refractivity contribution < 1.29 is 14.1 Å². The summed E-state index contributed by atoms with van der Waals surface area (Å²) in [6.07, 6.45) is 2.97. The van der Waals surface area contributed by atoms with E-state index in [9.17, 15) is 4.79 Å². The fourth-order valence-electron chi connectivity index (χ4n) is 2.64. The highest BCUT2D eigenvalue weighted by Gasteiger charge is 2.32. The summed E-state index contributed by atoms with van der Waals surface area (Å²) in [5, 5.41) is 7.90. The molecule has 8 heteroatoms. The van der Waals surface area contributed by atoms with Crippen LogP contribution >= 0.6 is 0 Å². The van der Waals surface area contributed by atoms with Gasteiger partial charge in [-0.25, -0.2) is 4.79 Å². The fraction of sp³-hybridized carbons (Fsp3) is 0.250. The highest BCUT2D eigenvalue weighted by molar-refractivity contribution is 5.90. The molecule has 0 radical (unpaired) electrons. The molecule has 24 heavy (non-hydrogen) atoms. The predicted octanol–water partition coefficient (Wildman–Crippen LogP) is 2.27. The van der Waals surface area contributed by atoms with Gasteiger partial charge in [0.25, 0.3) is 5.89 Å². The first-order chi connectivity index (χ1) is 11.7. The maximum absolute atomic E-state index is 12.1. The fourth-order valence-corrected chi connectivity index (χ4v) is 2.64. The average Bonchev–Trinajstić information content (AvgIpc) is 3.30. The zero-order valence-corrected chi connectivity index (χ0v) is 13.0. The van der Waals surface area contributed by atoms with E-state index in [4.69, 9.17) is 9.26 Å². The van der Waals surface area contributed by atoms with Gasteiger partial charge in [0.2, 0.25) is 0 Å². The number of hydrogen-bond acceptors (Lipinski definition) is 6. The maximum atomic E-state index is 12.1. The van der Waals surface area contributed by atoms with Crippen molar-refractivity contribution in [3.63, 3.8) is 0 Å². The van der Waals surface area contributed by atoms with Gasteiger partial charge < -0.3 is 9.26 Å². The molecule has 1 unspecified atom stereocenters. The minimum Gasteiger partial charge on any atom is -0.442 e. The number of carbonyl (C=O) groups is 1. The second-order valence-electron chi connectivity index (χ2n) is 5.54. The molecule has 0 spiro atoms. The van der Waals surface area contributed by atoms with Gasteiger partial charge in [0.15, 0.2) is 5.82 Å². The third-order valence-corrected chi connectivity index (χ3v) is 3.78. The van der Waals surface area contributed by atoms with Crippen LogP contribution < -0.4 is 4.90 Å². The van der Waals surface area contributed by atoms with Crippen LogP contribution in [-0.2, 0) is 11.3 Å². The summed E-state index contributed by atoms with van der Waals surface area (Å²) in [6, 6.07) is 9.21. The van der Waals surface area contributed by atoms with Gasteiger partial charge in [0.1, 0.15) is 6.10 Å². The smallest absolute Gasteiger partial charge is 0.414 e. The Kier molecular flexibility index (Phi) is 3.49. The van der Waals surface area contributed by atoms with Crippen molar-refractivity contribution in [1.29, 1.82) is 0 Å². The number of ether oxygens (including phenoxy) is 1. The lowest BCUT2D eigenvalue weighted by molar-refractivity contribution is 0.129. The summed E-state index contributed by atoms with van der Waals surface area (Å²) >= 11 is 0. The van der Waals surface area contributed by atoms with Crippen molar-refractivity contribution in [3.8, 4) is 11.5 Å². The Morgan fingerprint density at radius 1 is 1.29 bits per heavy atom. The molecule has 1 fully saturated rings. The molecule has 2 aromatic heterocycles. The van der Waals surface area contributed by atoms with E-state index in [1.807, 2.05) is 36.5 Å². The molecule has 3 aromatic rings. The van der Waals surface area contributed by atoms with Gasteiger partial charge in [-0.15, -0.1) is 0 Å². The van der Waals surface area contributed by atoms with E-state index in [0.717, 1.165) is 11.3 Å². The van der Waals surface area contributed by atoms with E-state index >= 15 is 0 Å². The van der Waals surface area contributed by atoms with Gasteiger partial charge in [-0.3, -0.25) is 9.58 Å². The number of aryl methyl sites for hydroxylation is 1. The molecule has 0 saturated carbocycles. The Morgan fingerprint density at radius 2 is 2.12 bits per heavy atom. The molecule has 1 aliphatic rings. The molecule has 1 atom stereocenters. The van der Waals surface area contributed by atoms with Gasteiger partial charge in [-0.1, -0.05) is 5.16 Å². The molecule has 1 amide bonds. The second-order valence-corrected chi connectivity index (χ2v) is 5.54. The van der Waals surface area contributed by atoms with Gasteiger partial charge in [0.05, 0.1) is 13.1 Å². The van der Waals surface area contributed by atoms with E-state index in [1.165, 1.54) is 0 Å². The van der Waals surface area contributed by atoms with Crippen molar-refractivity contribution in [2.24, 2.45) is 0 Å². The quantitative estimate of drug-likeness (QED) is 0.731. The van der Waals surface area contributed by atoms with E-state index in [0.29, 0.717) is 24.8 Å². The lowest BCUT2D eigenvalue weighted by Crippen LogP contribution is -2.25. The summed E-state index contributed by atoms with van der Waals surface area (Å²) in [6.45, 7) is 2.79. The molecule has 1 aromatic carbocycles. The van der Waals surface area contributed by atoms with Crippen molar-refractivity contribution in [3.05, 3.63) is 48.5 Å². The van der Waals surface area contributed by atoms with Crippen LogP contribution in [0.1, 0.15) is 5.82 Å². The largest absolute Gasteiger partial charge is 0.442 e. The number of nitrogens with zero attached hydrogens (tertiary/aromatic N) is 5. The van der Waals surface area contributed by atoms with E-state index in [-0.39, 0.29) is 12.2 Å². The molecule has 0 aliphatic carbocycles. The summed E-state index contributed by atoms with van der Waals surface area (Å²) < 4.78 is 12.3. The molecule has 0 bridgehead atoms. The standard InChI is InChI=1S/C16H15N5O3/c1-11-18-15(24-19-11)12-3-5-13(6-4-12)21-10-14(23-16(21)22)9-20-8-2-7-17-20/h2-8,14H,9-10H2,1H3. The Hall–Kier alpha value is -3.16. The van der Waals surface area contributed by atoms with Crippen LogP contribution in [0.15, 0.2) is 47.2 Å². The minimum absolute atomic E-state index is 0.226. The lowest BCUT2D eigenvalue weighted by Gasteiger charge is -2.13. The first kappa shape index (κ1) is 14.4. The predicted molar refractivity (Wildman–Crippen MR) is 84.3 cm³/mol. The highest BCUT2D eigenvalue weighted by Crippen LogP contribution is 2.25. The molecule has 8 nitrogen and oxygen atoms in total. The summed E-state index contributed by atoms with van der Waals surface area (Å²) in [5.41, 5.74) is 1.57. The number of carbonyl (C=O) groups excluding carboxylic acids is 1. The molecule has 0 N–H and O–H groups in total. The maximum Gasteiger partial charge on any atom is 0.414 e. The number of anilines is 1. The van der Waals surface area contributed by atoms with Crippen LogP contribution in [0.4, 0.5) is 10.5 Å². The Bertz CT molecular complexity index is 841. The Balaban J connectivity index is 1.48. The molecular weight excluding hydrogens is 310 g/mol. The first-order valence-electron chi connectivity index (χ1n) is 7.55. The number of rotatable bonds is 4. The van der Waals surface area contributed by atoms with Crippen LogP contribution in [0.3, 0.4) is 0 Å². The molecule has 3 heterocycles. The lowest BCUT2D eigenvalue weighted by atomic mass is 10.2. The third-order valence-electron chi connectivity index (χ3n) is 3.78. The van der Waals surface area contributed by atoms with Gasteiger partial charge in [-0.05, 0) is 37.3 Å². The normalized spacial score (nSPS) is 17.3. The number of aromatic nitrogens is 4. The number of cyclic esters (lactones) is 1. The summed E-state index contributed by atoms with van der Waals surface area (Å²) in [5.74, 6) is 1.04. The monoisotopic (exact) mass is 325 g/mol. The second kappa shape index (κ2) is 5.80. The van der Waals surface area contributed by atoms with Crippen molar-refractivity contribution in [2.45, 2.75) is 19.6 Å². The summed E-state index contributed by atoms with van der Waals surface area (Å²) in [7, 11) is 0. The topological polar surface area (TPSA) is 86.3 Å². The van der Waals surface area contributed by atoms with Gasteiger partial charge in [-0.2, -0.15) is 10.1 Å². The van der Waals surface area contributed by atoms with Crippen molar-refractivity contribution in [2.75, 3.05) is 11.4 Å². The van der Waals surface area contributed by atoms with Crippen molar-refractivity contribution in [1.82, 2.24) is 19.9 Å². The molecule has 1 aliphatic heterocycles. The molecular formula is C16H15N5O3. The molecule has 4 rings (SSSR count). The molecule has 1 saturated heterocycles. The third kappa shape index (κ3) is 2.73. The SMILES string of the molecule is Cc1noc(-c2ccc(N3CC(Cn4cccn4)OC3=O)cc2)n1. The van der Waals surface area contributed by atoms with E-state index < -0.39 is 0 Å². The first-order valence-corrected chi connectivity index (χ1v) is 7.55. The van der Waals surface area contributed by atoms with Crippen molar-refractivity contribution >= 4 is 11.8 Å². The Morgan fingerprint density at radius 3 is 2.79 bits per heavy atom. The minimum atomic E-state index is -0.353. The Labute approximate surface area is 137 Å². The van der Waals surface area contributed by atoms with Crippen LogP contribution in [0.25, 0.3) is 11.5 Å². The number of hydrogen-bond donors (Lipinski definition) is 0. The highest BCUT2D eigenvalue weighted by atomic mass is 16.6. The summed E-state index contributed by atoms with van der Waals surface area (Å²) in [4.78, 5) is 17.9. The average molecular weight is 325 g/mol. The van der Waals surface area contributed by atoms with Crippen LogP contribution in [-0.4, -0.2) is 38.7 Å². The van der Waals surface area contributed by atoms with E-state index in [1.54, 1.807) is 22.7 Å². The molecule has 122 valence electrons. The van der Waals surface area contributed by atoms with Gasteiger partial charge >= 0.3 is 6.09 Å². The zero-order chi connectivity index (χ0) is 16.5.